The highest BCUT2D eigenvalue weighted by atomic mass is 16.2. The Bertz CT molecular complexity index is 210. The van der Waals surface area contributed by atoms with Crippen molar-refractivity contribution in [3.63, 3.8) is 0 Å². The maximum Gasteiger partial charge on any atom is 0.201 e. The van der Waals surface area contributed by atoms with Gasteiger partial charge in [-0.05, 0) is 25.7 Å². The fraction of sp³-hybridized carbons (Fsp3) is 0.800. The summed E-state index contributed by atoms with van der Waals surface area (Å²) in [5, 5.41) is 0. The van der Waals surface area contributed by atoms with Crippen LogP contribution in [0.2, 0.25) is 0 Å². The number of carbonyl (C=O) groups is 2. The third kappa shape index (κ3) is 1.43. The minimum Gasteiger partial charge on any atom is -0.291 e. The third-order valence-electron chi connectivity index (χ3n) is 2.92. The molecule has 0 aromatic carbocycles. The summed E-state index contributed by atoms with van der Waals surface area (Å²) in [6.07, 6.45) is 6.09. The molecule has 2 aliphatic rings. The van der Waals surface area contributed by atoms with E-state index in [0.29, 0.717) is 0 Å². The standard InChI is InChI=1S/C10H14O2/c11-9(7-3-1-2-4-7)10(12)8-5-6-8/h7-8H,1-6H2. The fourth-order valence-electron chi connectivity index (χ4n) is 1.94. The summed E-state index contributed by atoms with van der Waals surface area (Å²) in [6.45, 7) is 0. The summed E-state index contributed by atoms with van der Waals surface area (Å²) in [7, 11) is 0. The predicted molar refractivity (Wildman–Crippen MR) is 44.7 cm³/mol. The van der Waals surface area contributed by atoms with Crippen molar-refractivity contribution in [1.29, 1.82) is 0 Å². The Morgan fingerprint density at radius 1 is 0.750 bits per heavy atom. The van der Waals surface area contributed by atoms with Crippen molar-refractivity contribution in [3.8, 4) is 0 Å². The van der Waals surface area contributed by atoms with Crippen LogP contribution in [0.4, 0.5) is 0 Å². The Morgan fingerprint density at radius 2 is 1.17 bits per heavy atom. The molecule has 0 unspecified atom stereocenters. The molecule has 2 nitrogen and oxygen atoms in total. The molecule has 0 aromatic rings. The molecule has 0 amide bonds. The summed E-state index contributed by atoms with van der Waals surface area (Å²) in [5.41, 5.74) is 0. The molecule has 0 N–H and O–H groups in total. The van der Waals surface area contributed by atoms with Crippen LogP contribution in [0.15, 0.2) is 0 Å². The van der Waals surface area contributed by atoms with E-state index < -0.39 is 0 Å². The van der Waals surface area contributed by atoms with Crippen LogP contribution in [-0.2, 0) is 9.59 Å². The van der Waals surface area contributed by atoms with Gasteiger partial charge in [0.15, 0.2) is 0 Å². The number of ketones is 2. The molecule has 0 aromatic heterocycles. The molecule has 0 saturated heterocycles. The minimum atomic E-state index is -0.0677. The van der Waals surface area contributed by atoms with Crippen molar-refractivity contribution in [3.05, 3.63) is 0 Å². The molecule has 0 atom stereocenters. The van der Waals surface area contributed by atoms with E-state index in [4.69, 9.17) is 0 Å². The van der Waals surface area contributed by atoms with E-state index in [-0.39, 0.29) is 23.4 Å². The zero-order valence-electron chi connectivity index (χ0n) is 7.21. The molecule has 0 bridgehead atoms. The molecule has 2 rings (SSSR count). The molecule has 2 fully saturated rings. The van der Waals surface area contributed by atoms with Crippen LogP contribution >= 0.6 is 0 Å². The van der Waals surface area contributed by atoms with Gasteiger partial charge in [0.1, 0.15) is 0 Å². The topological polar surface area (TPSA) is 34.1 Å². The number of hydrogen-bond acceptors (Lipinski definition) is 2. The van der Waals surface area contributed by atoms with E-state index >= 15 is 0 Å². The highest BCUT2D eigenvalue weighted by molar-refractivity contribution is 6.39. The highest BCUT2D eigenvalue weighted by Gasteiger charge is 2.37. The van der Waals surface area contributed by atoms with Gasteiger partial charge >= 0.3 is 0 Å². The SMILES string of the molecule is O=C(C(=O)C1CC1)C1CCCC1. The van der Waals surface area contributed by atoms with E-state index in [1.807, 2.05) is 0 Å². The summed E-state index contributed by atoms with van der Waals surface area (Å²) in [5.74, 6) is 0.0908. The molecule has 0 radical (unpaired) electrons. The van der Waals surface area contributed by atoms with Gasteiger partial charge in [0.05, 0.1) is 0 Å². The Kier molecular flexibility index (Phi) is 1.99. The van der Waals surface area contributed by atoms with Gasteiger partial charge < -0.3 is 0 Å². The normalized spacial score (nSPS) is 24.3. The van der Waals surface area contributed by atoms with Crippen LogP contribution in [0.1, 0.15) is 38.5 Å². The first kappa shape index (κ1) is 7.96. The molecule has 2 heteroatoms. The summed E-state index contributed by atoms with van der Waals surface area (Å²) in [4.78, 5) is 22.8. The van der Waals surface area contributed by atoms with Gasteiger partial charge in [0, 0.05) is 11.8 Å². The molecule has 0 heterocycles. The molecule has 0 spiro atoms. The lowest BCUT2D eigenvalue weighted by Crippen LogP contribution is -2.22. The highest BCUT2D eigenvalue weighted by Crippen LogP contribution is 2.33. The van der Waals surface area contributed by atoms with Crippen molar-refractivity contribution in [1.82, 2.24) is 0 Å². The van der Waals surface area contributed by atoms with E-state index in [1.165, 1.54) is 0 Å². The first-order chi connectivity index (χ1) is 5.79. The van der Waals surface area contributed by atoms with Gasteiger partial charge in [-0.2, -0.15) is 0 Å². The summed E-state index contributed by atoms with van der Waals surface area (Å²) in [6, 6.07) is 0. The average molecular weight is 166 g/mol. The summed E-state index contributed by atoms with van der Waals surface area (Å²) < 4.78 is 0. The third-order valence-corrected chi connectivity index (χ3v) is 2.92. The van der Waals surface area contributed by atoms with Crippen molar-refractivity contribution < 1.29 is 9.59 Å². The smallest absolute Gasteiger partial charge is 0.201 e. The lowest BCUT2D eigenvalue weighted by molar-refractivity contribution is -0.139. The second-order valence-electron chi connectivity index (χ2n) is 3.98. The van der Waals surface area contributed by atoms with E-state index in [9.17, 15) is 9.59 Å². The van der Waals surface area contributed by atoms with E-state index in [2.05, 4.69) is 0 Å². The number of Topliss-reactive ketones (excluding diaryl/α,β-unsaturated/α-hetero) is 2. The van der Waals surface area contributed by atoms with Crippen LogP contribution in [0, 0.1) is 11.8 Å². The number of rotatable bonds is 3. The van der Waals surface area contributed by atoms with Gasteiger partial charge in [-0.25, -0.2) is 0 Å². The van der Waals surface area contributed by atoms with Gasteiger partial charge in [0.25, 0.3) is 0 Å². The zero-order valence-corrected chi connectivity index (χ0v) is 7.21. The van der Waals surface area contributed by atoms with E-state index in [1.54, 1.807) is 0 Å². The molecule has 2 aliphatic carbocycles. The van der Waals surface area contributed by atoms with E-state index in [0.717, 1.165) is 38.5 Å². The molecule has 2 saturated carbocycles. The first-order valence-corrected chi connectivity index (χ1v) is 4.87. The Labute approximate surface area is 72.3 Å². The minimum absolute atomic E-state index is 0.0602. The fourth-order valence-corrected chi connectivity index (χ4v) is 1.94. The number of carbonyl (C=O) groups excluding carboxylic acids is 2. The average Bonchev–Trinajstić information content (AvgIpc) is 2.79. The molecule has 0 aliphatic heterocycles. The predicted octanol–water partition coefficient (Wildman–Crippen LogP) is 1.72. The molecular formula is C10H14O2. The van der Waals surface area contributed by atoms with Crippen molar-refractivity contribution >= 4 is 11.6 Å². The first-order valence-electron chi connectivity index (χ1n) is 4.87. The van der Waals surface area contributed by atoms with Gasteiger partial charge in [0.2, 0.25) is 11.6 Å². The molecular weight excluding hydrogens is 152 g/mol. The molecule has 12 heavy (non-hydrogen) atoms. The maximum absolute atomic E-state index is 11.5. The second kappa shape index (κ2) is 3.00. The van der Waals surface area contributed by atoms with Crippen molar-refractivity contribution in [2.24, 2.45) is 11.8 Å². The van der Waals surface area contributed by atoms with Crippen LogP contribution in [0.25, 0.3) is 0 Å². The zero-order chi connectivity index (χ0) is 8.55. The Morgan fingerprint density at radius 3 is 1.58 bits per heavy atom. The quantitative estimate of drug-likeness (QED) is 0.598. The van der Waals surface area contributed by atoms with Crippen LogP contribution < -0.4 is 0 Å². The van der Waals surface area contributed by atoms with Gasteiger partial charge in [-0.3, -0.25) is 9.59 Å². The maximum atomic E-state index is 11.5. The number of hydrogen-bond donors (Lipinski definition) is 0. The lowest BCUT2D eigenvalue weighted by Gasteiger charge is -2.04. The largest absolute Gasteiger partial charge is 0.291 e. The van der Waals surface area contributed by atoms with Crippen LogP contribution in [0.3, 0.4) is 0 Å². The van der Waals surface area contributed by atoms with Gasteiger partial charge in [-0.1, -0.05) is 12.8 Å². The van der Waals surface area contributed by atoms with Crippen molar-refractivity contribution in [2.75, 3.05) is 0 Å². The second-order valence-corrected chi connectivity index (χ2v) is 3.98. The molecule has 66 valence electrons. The summed E-state index contributed by atoms with van der Waals surface area (Å²) >= 11 is 0. The Balaban J connectivity index is 1.93. The van der Waals surface area contributed by atoms with Crippen molar-refractivity contribution in [2.45, 2.75) is 38.5 Å². The Hall–Kier alpha value is -0.660. The van der Waals surface area contributed by atoms with Crippen LogP contribution in [0.5, 0.6) is 0 Å². The van der Waals surface area contributed by atoms with Crippen LogP contribution in [-0.4, -0.2) is 11.6 Å². The van der Waals surface area contributed by atoms with Gasteiger partial charge in [-0.15, -0.1) is 0 Å². The lowest BCUT2D eigenvalue weighted by atomic mass is 9.97. The monoisotopic (exact) mass is 166 g/mol.